The fourth-order valence-electron chi connectivity index (χ4n) is 13.7. The summed E-state index contributed by atoms with van der Waals surface area (Å²) in [6.45, 7) is -1.82. The highest BCUT2D eigenvalue weighted by atomic mass is 32.2. The van der Waals surface area contributed by atoms with Gasteiger partial charge in [0.25, 0.3) is 40.8 Å². The molecule has 4 heterocycles. The zero-order valence-electron chi connectivity index (χ0n) is 63.2. The Kier molecular flexibility index (Phi) is 38.5. The van der Waals surface area contributed by atoms with Gasteiger partial charge in [-0.25, -0.2) is 18.9 Å². The van der Waals surface area contributed by atoms with Gasteiger partial charge in [0, 0.05) is 126 Å². The minimum atomic E-state index is -3.98. The van der Waals surface area contributed by atoms with E-state index in [-0.39, 0.29) is 130 Å². The Morgan fingerprint density at radius 2 is 0.561 bits per heavy atom. The Bertz CT molecular complexity index is 3880. The Morgan fingerprint density at radius 3 is 0.763 bits per heavy atom. The second kappa shape index (κ2) is 44.6. The number of rotatable bonds is 42. The molecule has 4 aromatic rings. The Morgan fingerprint density at radius 1 is 0.360 bits per heavy atom. The number of nitrogens with zero attached hydrogens (tertiary/aromatic N) is 4. The molecule has 12 atom stereocenters. The van der Waals surface area contributed by atoms with E-state index in [2.05, 4.69) is 18.9 Å². The Balaban J connectivity index is 0.000000271. The van der Waals surface area contributed by atoms with E-state index in [9.17, 15) is 73.3 Å². The third-order valence-corrected chi connectivity index (χ3v) is 26.5. The molecule has 4 aromatic carbocycles. The van der Waals surface area contributed by atoms with Crippen LogP contribution in [-0.4, -0.2) is 277 Å². The lowest BCUT2D eigenvalue weighted by molar-refractivity contribution is -0.145. The van der Waals surface area contributed by atoms with Gasteiger partial charge in [-0.2, -0.15) is 50.9 Å². The molecule has 40 nitrogen and oxygen atoms in total. The van der Waals surface area contributed by atoms with E-state index >= 15 is 0 Å². The number of nitrogens with one attached hydrogen (secondary N) is 4. The first-order chi connectivity index (χ1) is 53.2. The van der Waals surface area contributed by atoms with Gasteiger partial charge in [0.2, 0.25) is 0 Å². The summed E-state index contributed by atoms with van der Waals surface area (Å²) in [5.41, 5.74) is 44.7. The van der Waals surface area contributed by atoms with Crippen LogP contribution in [0.3, 0.4) is 0 Å². The third-order valence-electron chi connectivity index (χ3n) is 20.5. The van der Waals surface area contributed by atoms with Gasteiger partial charge in [-0.15, -0.1) is 0 Å². The van der Waals surface area contributed by atoms with E-state index in [0.29, 0.717) is 38.5 Å². The molecule has 4 saturated heterocycles. The molecule has 48 heteroatoms. The number of carboxylic acid groups (broad SMARTS) is 4. The van der Waals surface area contributed by atoms with E-state index in [1.807, 2.05) is 72.8 Å². The van der Waals surface area contributed by atoms with Crippen LogP contribution in [0.15, 0.2) is 121 Å². The zero-order valence-corrected chi connectivity index (χ0v) is 66.4. The largest absolute Gasteiger partial charge is 0.480 e. The molecule has 636 valence electrons. The standard InChI is InChI=1S/2C17H29BN4O6S.2C16H27BN4O6S/c2*19-15(9-13-5-2-1-3-6-13)10-21-29(27,28)22-11-14(7-4-8-18(25)26)17(20,12-22)16(23)24;2*18-14(12-5-2-1-3-6-12)9-20-28(26,27)21-10-13(7-4-8-17(24)25)16(19,11-21)15(22)23/h2*1-3,5-6,14-15,21,25-26H,4,7-12,19-20H2,(H,23,24);2*1-3,5-6,13-14,20,24-25H,4,7-11,18-19H2,(H,22,23)/t14-,15+,17-;14-,15-,17-;13-,14+,16-;13-,14-,16-/m0000/s1. The first kappa shape index (κ1) is 98.4. The van der Waals surface area contributed by atoms with Gasteiger partial charge in [0.1, 0.15) is 22.2 Å². The average Bonchev–Trinajstić information content (AvgIpc) is 1.65. The molecule has 8 rings (SSSR count). The number of nitrogens with two attached hydrogens (primary N) is 8. The predicted molar refractivity (Wildman–Crippen MR) is 426 cm³/mol. The molecule has 0 unspecified atom stereocenters. The van der Waals surface area contributed by atoms with Gasteiger partial charge in [-0.1, -0.05) is 147 Å². The Hall–Kier alpha value is -6.14. The number of hydrogen-bond acceptors (Lipinski definition) is 28. The minimum Gasteiger partial charge on any atom is -0.480 e. The minimum absolute atomic E-state index is 0.000256. The maximum Gasteiger partial charge on any atom is 0.451 e. The number of carbonyl (C=O) groups is 4. The maximum atomic E-state index is 12.7. The highest BCUT2D eigenvalue weighted by Crippen LogP contribution is 2.36. The molecule has 0 radical (unpaired) electrons. The van der Waals surface area contributed by atoms with Gasteiger partial charge in [-0.3, -0.25) is 19.2 Å². The molecular formula is C66H112B4N16O24S4. The molecule has 0 aliphatic carbocycles. The van der Waals surface area contributed by atoms with E-state index in [1.54, 1.807) is 48.5 Å². The van der Waals surface area contributed by atoms with E-state index in [1.165, 1.54) is 0 Å². The molecule has 0 spiro atoms. The smallest absolute Gasteiger partial charge is 0.451 e. The van der Waals surface area contributed by atoms with Gasteiger partial charge in [0.15, 0.2) is 0 Å². The van der Waals surface area contributed by atoms with Crippen LogP contribution < -0.4 is 64.8 Å². The lowest BCUT2D eigenvalue weighted by Gasteiger charge is -2.25. The van der Waals surface area contributed by atoms with E-state index < -0.39 is 163 Å². The first-order valence-corrected chi connectivity index (χ1v) is 42.7. The van der Waals surface area contributed by atoms with Crippen LogP contribution in [-0.2, 0) is 72.9 Å². The number of aliphatic carboxylic acids is 4. The molecule has 0 aromatic heterocycles. The van der Waals surface area contributed by atoms with Gasteiger partial charge >= 0.3 is 52.4 Å². The monoisotopic (exact) mass is 1680 g/mol. The van der Waals surface area contributed by atoms with Crippen LogP contribution in [0.1, 0.15) is 85.7 Å². The zero-order chi connectivity index (χ0) is 85.2. The second-order valence-electron chi connectivity index (χ2n) is 29.3. The van der Waals surface area contributed by atoms with Crippen LogP contribution in [0, 0.1) is 23.7 Å². The molecule has 4 fully saturated rings. The SMILES string of the molecule is N[C@@H](CNS(=O)(=O)N1C[C@H](CCCB(O)O)[C@](N)(C(=O)O)C1)Cc1ccccc1.N[C@@H](CNS(=O)(=O)N1C[C@H](CCCB(O)O)[C@](N)(C(=O)O)C1)c1ccccc1.N[C@H](CNS(=O)(=O)N1C[C@H](CCCB(O)O)[C@](N)(C(=O)O)C1)Cc1ccccc1.N[C@H](CNS(=O)(=O)N1C[C@H](CCCB(O)O)[C@](N)(C(=O)O)C1)c1ccccc1. The van der Waals surface area contributed by atoms with Gasteiger partial charge in [-0.05, 0) is 86.1 Å². The highest BCUT2D eigenvalue weighted by Gasteiger charge is 2.56. The number of carboxylic acids is 4. The van der Waals surface area contributed by atoms with Crippen molar-refractivity contribution >= 4 is 93.2 Å². The van der Waals surface area contributed by atoms with Crippen molar-refractivity contribution in [2.75, 3.05) is 78.5 Å². The second-order valence-corrected chi connectivity index (χ2v) is 36.4. The summed E-state index contributed by atoms with van der Waals surface area (Å²) >= 11 is 0. The lowest BCUT2D eigenvalue weighted by atomic mass is 9.78. The fourth-order valence-corrected chi connectivity index (χ4v) is 19.1. The summed E-state index contributed by atoms with van der Waals surface area (Å²) in [4.78, 5) is 46.7. The van der Waals surface area contributed by atoms with Crippen molar-refractivity contribution in [3.8, 4) is 0 Å². The highest BCUT2D eigenvalue weighted by molar-refractivity contribution is 7.88. The van der Waals surface area contributed by atoms with E-state index in [4.69, 9.17) is 86.1 Å². The summed E-state index contributed by atoms with van der Waals surface area (Å²) in [6.07, 6.45) is 3.53. The van der Waals surface area contributed by atoms with Crippen molar-refractivity contribution in [2.45, 2.75) is 136 Å². The van der Waals surface area contributed by atoms with Crippen LogP contribution >= 0.6 is 0 Å². The quantitative estimate of drug-likeness (QED) is 0.0184. The van der Waals surface area contributed by atoms with Crippen molar-refractivity contribution in [3.05, 3.63) is 144 Å². The summed E-state index contributed by atoms with van der Waals surface area (Å²) < 4.78 is 115. The van der Waals surface area contributed by atoms with Gasteiger partial charge < -0.3 is 106 Å². The summed E-state index contributed by atoms with van der Waals surface area (Å²) in [5, 5.41) is 110. The predicted octanol–water partition coefficient (Wildman–Crippen LogP) is -6.31. The summed E-state index contributed by atoms with van der Waals surface area (Å²) in [6, 6.07) is 34.9. The molecule has 0 bridgehead atoms. The van der Waals surface area contributed by atoms with Crippen molar-refractivity contribution in [1.29, 1.82) is 0 Å². The molecule has 4 aliphatic rings. The molecule has 0 saturated carbocycles. The molecular weight excluding hydrogens is 1570 g/mol. The molecule has 32 N–H and O–H groups in total. The maximum absolute atomic E-state index is 12.7. The fraction of sp³-hybridized carbons (Fsp3) is 0.576. The van der Waals surface area contributed by atoms with E-state index in [0.717, 1.165) is 39.5 Å². The van der Waals surface area contributed by atoms with Crippen LogP contribution in [0.25, 0.3) is 0 Å². The van der Waals surface area contributed by atoms with Crippen molar-refractivity contribution < 1.29 is 113 Å². The lowest BCUT2D eigenvalue weighted by Crippen LogP contribution is -2.55. The van der Waals surface area contributed by atoms with Crippen LogP contribution in [0.2, 0.25) is 25.3 Å². The molecule has 4 aliphatic heterocycles. The van der Waals surface area contributed by atoms with Crippen LogP contribution in [0.5, 0.6) is 0 Å². The Labute approximate surface area is 666 Å². The van der Waals surface area contributed by atoms with Gasteiger partial charge in [0.05, 0.1) is 0 Å². The third kappa shape index (κ3) is 29.7. The number of benzene rings is 4. The summed E-state index contributed by atoms with van der Waals surface area (Å²) in [5.74, 6) is -7.75. The van der Waals surface area contributed by atoms with Crippen molar-refractivity contribution in [2.24, 2.45) is 69.5 Å². The topological polar surface area (TPSA) is 717 Å². The van der Waals surface area contributed by atoms with Crippen LogP contribution in [0.4, 0.5) is 0 Å². The molecule has 114 heavy (non-hydrogen) atoms. The first-order valence-electron chi connectivity index (χ1n) is 36.9. The van der Waals surface area contributed by atoms with Crippen molar-refractivity contribution in [3.63, 3.8) is 0 Å². The average molecular weight is 1690 g/mol. The number of hydrogen-bond donors (Lipinski definition) is 24. The van der Waals surface area contributed by atoms with Crippen molar-refractivity contribution in [1.82, 2.24) is 36.1 Å². The molecule has 0 amide bonds. The normalized spacial score (nSPS) is 24.0. The summed E-state index contributed by atoms with van der Waals surface area (Å²) in [7, 11) is -21.9.